The Bertz CT molecular complexity index is 748. The Morgan fingerprint density at radius 2 is 1.78 bits per heavy atom. The molecule has 5 heteroatoms. The molecule has 4 nitrogen and oxygen atoms in total. The zero-order valence-electron chi connectivity index (χ0n) is 12.7. The van der Waals surface area contributed by atoms with Crippen molar-refractivity contribution in [2.45, 2.75) is 6.92 Å². The number of carbonyl (C=O) groups is 2. The summed E-state index contributed by atoms with van der Waals surface area (Å²) in [5.41, 5.74) is 0.940. The van der Waals surface area contributed by atoms with Gasteiger partial charge in [0.25, 0.3) is 0 Å². The molecular formula is C18H15FO4. The summed E-state index contributed by atoms with van der Waals surface area (Å²) < 4.78 is 23.1. The molecule has 2 rings (SSSR count). The van der Waals surface area contributed by atoms with Crippen LogP contribution in [0, 0.1) is 5.82 Å². The third kappa shape index (κ3) is 4.51. The van der Waals surface area contributed by atoms with E-state index in [1.165, 1.54) is 62.6 Å². The van der Waals surface area contributed by atoms with Crippen LogP contribution in [0.1, 0.15) is 22.8 Å². The van der Waals surface area contributed by atoms with Crippen LogP contribution < -0.4 is 9.47 Å². The number of benzene rings is 2. The van der Waals surface area contributed by atoms with Crippen LogP contribution in [0.3, 0.4) is 0 Å². The Hall–Kier alpha value is -2.95. The number of Topliss-reactive ketones (excluding diaryl/α,β-unsaturated/α-hetero) is 1. The van der Waals surface area contributed by atoms with Crippen LogP contribution in [0.25, 0.3) is 6.08 Å². The number of hydrogen-bond donors (Lipinski definition) is 0. The van der Waals surface area contributed by atoms with Gasteiger partial charge in [0.05, 0.1) is 12.7 Å². The molecule has 0 atom stereocenters. The number of carbonyl (C=O) groups excluding carboxylic acids is 2. The molecule has 0 aromatic heterocycles. The molecule has 0 radical (unpaired) electrons. The first-order chi connectivity index (χ1) is 11.0. The minimum absolute atomic E-state index is 0.130. The molecule has 0 aliphatic heterocycles. The van der Waals surface area contributed by atoms with Crippen molar-refractivity contribution in [3.8, 4) is 11.5 Å². The number of ketones is 1. The van der Waals surface area contributed by atoms with Gasteiger partial charge in [-0.1, -0.05) is 12.1 Å². The number of hydrogen-bond acceptors (Lipinski definition) is 4. The number of methoxy groups -OCH3 is 1. The van der Waals surface area contributed by atoms with E-state index in [9.17, 15) is 14.0 Å². The van der Waals surface area contributed by atoms with Crippen molar-refractivity contribution in [1.29, 1.82) is 0 Å². The molecule has 0 amide bonds. The lowest BCUT2D eigenvalue weighted by Crippen LogP contribution is -2.07. The van der Waals surface area contributed by atoms with Gasteiger partial charge in [-0.3, -0.25) is 4.79 Å². The standard InChI is InChI=1S/C18H15FO4/c1-12(20)16-9-8-15(22-2)11-17(16)23-18(21)10-5-13-3-6-14(19)7-4-13/h3-11H,1-2H3/b10-5+. The van der Waals surface area contributed by atoms with Crippen LogP contribution >= 0.6 is 0 Å². The molecule has 2 aromatic rings. The Kier molecular flexibility index (Phi) is 5.25. The molecule has 0 aliphatic carbocycles. The van der Waals surface area contributed by atoms with E-state index in [2.05, 4.69) is 0 Å². The van der Waals surface area contributed by atoms with Crippen molar-refractivity contribution in [3.63, 3.8) is 0 Å². The molecule has 118 valence electrons. The van der Waals surface area contributed by atoms with Crippen molar-refractivity contribution < 1.29 is 23.5 Å². The van der Waals surface area contributed by atoms with Crippen molar-refractivity contribution in [3.05, 3.63) is 65.5 Å². The molecule has 0 saturated carbocycles. The maximum absolute atomic E-state index is 12.8. The average Bonchev–Trinajstić information content (AvgIpc) is 2.54. The van der Waals surface area contributed by atoms with Gasteiger partial charge in [-0.25, -0.2) is 9.18 Å². The van der Waals surface area contributed by atoms with Crippen molar-refractivity contribution in [1.82, 2.24) is 0 Å². The lowest BCUT2D eigenvalue weighted by Gasteiger charge is -2.08. The molecule has 0 N–H and O–H groups in total. The number of esters is 1. The monoisotopic (exact) mass is 314 g/mol. The summed E-state index contributed by atoms with van der Waals surface area (Å²) in [6.45, 7) is 1.38. The van der Waals surface area contributed by atoms with E-state index < -0.39 is 5.97 Å². The summed E-state index contributed by atoms with van der Waals surface area (Å²) in [7, 11) is 1.48. The Labute approximate surface area is 133 Å². The van der Waals surface area contributed by atoms with Crippen LogP contribution in [0.2, 0.25) is 0 Å². The third-order valence-corrected chi connectivity index (χ3v) is 3.06. The highest BCUT2D eigenvalue weighted by molar-refractivity contribution is 5.98. The van der Waals surface area contributed by atoms with Crippen molar-refractivity contribution in [2.75, 3.05) is 7.11 Å². The molecule has 0 heterocycles. The second kappa shape index (κ2) is 7.35. The van der Waals surface area contributed by atoms with E-state index in [0.717, 1.165) is 0 Å². The fourth-order valence-electron chi connectivity index (χ4n) is 1.89. The summed E-state index contributed by atoms with van der Waals surface area (Å²) in [5.74, 6) is -0.624. The van der Waals surface area contributed by atoms with Crippen LogP contribution in [0.15, 0.2) is 48.5 Å². The van der Waals surface area contributed by atoms with Crippen LogP contribution in [-0.4, -0.2) is 18.9 Å². The topological polar surface area (TPSA) is 52.6 Å². The molecule has 0 spiro atoms. The number of ether oxygens (including phenoxy) is 2. The second-order valence-corrected chi connectivity index (χ2v) is 4.72. The summed E-state index contributed by atoms with van der Waals surface area (Å²) >= 11 is 0. The van der Waals surface area contributed by atoms with E-state index in [1.54, 1.807) is 6.07 Å². The predicted molar refractivity (Wildman–Crippen MR) is 84.1 cm³/mol. The van der Waals surface area contributed by atoms with E-state index >= 15 is 0 Å². The Morgan fingerprint density at radius 3 is 2.39 bits per heavy atom. The van der Waals surface area contributed by atoms with Gasteiger partial charge in [-0.2, -0.15) is 0 Å². The van der Waals surface area contributed by atoms with Crippen LogP contribution in [0.5, 0.6) is 11.5 Å². The van der Waals surface area contributed by atoms with E-state index in [1.807, 2.05) is 0 Å². The largest absolute Gasteiger partial charge is 0.497 e. The quantitative estimate of drug-likeness (QED) is 0.366. The zero-order chi connectivity index (χ0) is 16.8. The molecular weight excluding hydrogens is 299 g/mol. The van der Waals surface area contributed by atoms with Gasteiger partial charge in [0, 0.05) is 12.1 Å². The highest BCUT2D eigenvalue weighted by atomic mass is 19.1. The van der Waals surface area contributed by atoms with Gasteiger partial charge in [0.2, 0.25) is 0 Å². The molecule has 0 saturated heterocycles. The molecule has 0 aliphatic rings. The summed E-state index contributed by atoms with van der Waals surface area (Å²) in [4.78, 5) is 23.5. The zero-order valence-corrected chi connectivity index (χ0v) is 12.7. The van der Waals surface area contributed by atoms with E-state index in [4.69, 9.17) is 9.47 Å². The molecule has 0 unspecified atom stereocenters. The summed E-state index contributed by atoms with van der Waals surface area (Å²) in [5, 5.41) is 0. The highest BCUT2D eigenvalue weighted by Crippen LogP contribution is 2.25. The molecule has 23 heavy (non-hydrogen) atoms. The first kappa shape index (κ1) is 16.4. The maximum atomic E-state index is 12.8. The van der Waals surface area contributed by atoms with E-state index in [0.29, 0.717) is 11.3 Å². The number of halogens is 1. The fraction of sp³-hybridized carbons (Fsp3) is 0.111. The predicted octanol–water partition coefficient (Wildman–Crippen LogP) is 3.66. The molecule has 2 aromatic carbocycles. The van der Waals surface area contributed by atoms with Gasteiger partial charge in [0.15, 0.2) is 5.78 Å². The average molecular weight is 314 g/mol. The third-order valence-electron chi connectivity index (χ3n) is 3.06. The lowest BCUT2D eigenvalue weighted by molar-refractivity contribution is -0.128. The van der Waals surface area contributed by atoms with Gasteiger partial charge in [-0.15, -0.1) is 0 Å². The minimum Gasteiger partial charge on any atom is -0.497 e. The van der Waals surface area contributed by atoms with Gasteiger partial charge >= 0.3 is 5.97 Å². The minimum atomic E-state index is -0.648. The van der Waals surface area contributed by atoms with Gasteiger partial charge in [0.1, 0.15) is 17.3 Å². The lowest BCUT2D eigenvalue weighted by atomic mass is 10.1. The number of rotatable bonds is 5. The Morgan fingerprint density at radius 1 is 1.09 bits per heavy atom. The van der Waals surface area contributed by atoms with Crippen LogP contribution in [-0.2, 0) is 4.79 Å². The highest BCUT2D eigenvalue weighted by Gasteiger charge is 2.12. The SMILES string of the molecule is COc1ccc(C(C)=O)c(OC(=O)/C=C/c2ccc(F)cc2)c1. The molecule has 0 fully saturated rings. The summed E-state index contributed by atoms with van der Waals surface area (Å²) in [6, 6.07) is 10.3. The first-order valence-electron chi connectivity index (χ1n) is 6.84. The van der Waals surface area contributed by atoms with Gasteiger partial charge in [-0.05, 0) is 42.8 Å². The maximum Gasteiger partial charge on any atom is 0.336 e. The van der Waals surface area contributed by atoms with Crippen molar-refractivity contribution in [2.24, 2.45) is 0 Å². The van der Waals surface area contributed by atoms with Crippen molar-refractivity contribution >= 4 is 17.8 Å². The normalized spacial score (nSPS) is 10.6. The second-order valence-electron chi connectivity index (χ2n) is 4.72. The molecule has 0 bridgehead atoms. The fourth-order valence-corrected chi connectivity index (χ4v) is 1.89. The first-order valence-corrected chi connectivity index (χ1v) is 6.84. The summed E-state index contributed by atoms with van der Waals surface area (Å²) in [6.07, 6.45) is 2.70. The van der Waals surface area contributed by atoms with E-state index in [-0.39, 0.29) is 22.9 Å². The Balaban J connectivity index is 2.16. The van der Waals surface area contributed by atoms with Gasteiger partial charge < -0.3 is 9.47 Å². The smallest absolute Gasteiger partial charge is 0.336 e. The van der Waals surface area contributed by atoms with Crippen LogP contribution in [0.4, 0.5) is 4.39 Å².